The molecule has 1 aliphatic carbocycles. The molecular formula is C12H17NO4. The van der Waals surface area contributed by atoms with Gasteiger partial charge in [0.25, 0.3) is 0 Å². The fourth-order valence-electron chi connectivity index (χ4n) is 2.33. The van der Waals surface area contributed by atoms with E-state index in [1.165, 1.54) is 0 Å². The summed E-state index contributed by atoms with van der Waals surface area (Å²) in [6.45, 7) is 2.22. The molecule has 1 saturated heterocycles. The van der Waals surface area contributed by atoms with Crippen LogP contribution < -0.4 is 0 Å². The fourth-order valence-corrected chi connectivity index (χ4v) is 2.33. The lowest BCUT2D eigenvalue weighted by molar-refractivity contribution is -0.135. The third-order valence-corrected chi connectivity index (χ3v) is 3.28. The van der Waals surface area contributed by atoms with E-state index in [9.17, 15) is 9.59 Å². The Labute approximate surface area is 100 Å². The Kier molecular flexibility index (Phi) is 3.78. The van der Waals surface area contributed by atoms with Crippen molar-refractivity contribution in [3.63, 3.8) is 0 Å². The molecule has 1 heterocycles. The summed E-state index contributed by atoms with van der Waals surface area (Å²) >= 11 is 0. The van der Waals surface area contributed by atoms with E-state index in [-0.39, 0.29) is 5.91 Å². The molecule has 0 aromatic heterocycles. The second-order valence-corrected chi connectivity index (χ2v) is 4.37. The number of morpholine rings is 1. The second-order valence-electron chi connectivity index (χ2n) is 4.37. The average Bonchev–Trinajstić information content (AvgIpc) is 2.39. The van der Waals surface area contributed by atoms with Crippen molar-refractivity contribution < 1.29 is 19.4 Å². The molecule has 1 amide bonds. The molecule has 1 aliphatic heterocycles. The minimum Gasteiger partial charge on any atom is -0.478 e. The fraction of sp³-hybridized carbons (Fsp3) is 0.667. The van der Waals surface area contributed by atoms with Gasteiger partial charge in [0.15, 0.2) is 0 Å². The highest BCUT2D eigenvalue weighted by molar-refractivity contribution is 6.02. The molecule has 1 fully saturated rings. The number of carboxylic acids is 1. The van der Waals surface area contributed by atoms with E-state index in [4.69, 9.17) is 9.84 Å². The SMILES string of the molecule is O=C(O)C1=C(C(=O)N2CCOCC2)CCCC1. The lowest BCUT2D eigenvalue weighted by atomic mass is 9.91. The quantitative estimate of drug-likeness (QED) is 0.774. The van der Waals surface area contributed by atoms with Gasteiger partial charge in [0, 0.05) is 24.2 Å². The zero-order valence-electron chi connectivity index (χ0n) is 9.78. The van der Waals surface area contributed by atoms with Gasteiger partial charge in [-0.1, -0.05) is 0 Å². The summed E-state index contributed by atoms with van der Waals surface area (Å²) in [6.07, 6.45) is 2.88. The molecule has 1 N–H and O–H groups in total. The van der Waals surface area contributed by atoms with Crippen LogP contribution in [0.25, 0.3) is 0 Å². The van der Waals surface area contributed by atoms with Crippen LogP contribution in [0.1, 0.15) is 25.7 Å². The van der Waals surface area contributed by atoms with E-state index < -0.39 is 5.97 Å². The molecule has 2 aliphatic rings. The molecule has 0 radical (unpaired) electrons. The number of hydrogen-bond donors (Lipinski definition) is 1. The molecule has 0 unspecified atom stereocenters. The van der Waals surface area contributed by atoms with E-state index in [0.29, 0.717) is 50.3 Å². The first kappa shape index (κ1) is 12.1. The van der Waals surface area contributed by atoms with Gasteiger partial charge in [0.2, 0.25) is 5.91 Å². The van der Waals surface area contributed by atoms with Crippen LogP contribution >= 0.6 is 0 Å². The number of hydrogen-bond acceptors (Lipinski definition) is 3. The van der Waals surface area contributed by atoms with Crippen molar-refractivity contribution in [2.75, 3.05) is 26.3 Å². The van der Waals surface area contributed by atoms with Crippen LogP contribution in [0.5, 0.6) is 0 Å². The van der Waals surface area contributed by atoms with Crippen molar-refractivity contribution in [3.05, 3.63) is 11.1 Å². The van der Waals surface area contributed by atoms with Crippen LogP contribution in [0, 0.1) is 0 Å². The highest BCUT2D eigenvalue weighted by Crippen LogP contribution is 2.26. The topological polar surface area (TPSA) is 66.8 Å². The molecule has 0 saturated carbocycles. The number of carboxylic acid groups (broad SMARTS) is 1. The first-order valence-corrected chi connectivity index (χ1v) is 6.02. The highest BCUT2D eigenvalue weighted by atomic mass is 16.5. The largest absolute Gasteiger partial charge is 0.478 e. The van der Waals surface area contributed by atoms with Crippen LogP contribution in [0.3, 0.4) is 0 Å². The molecule has 94 valence electrons. The van der Waals surface area contributed by atoms with Gasteiger partial charge in [-0.15, -0.1) is 0 Å². The maximum Gasteiger partial charge on any atom is 0.332 e. The van der Waals surface area contributed by atoms with Crippen molar-refractivity contribution in [2.45, 2.75) is 25.7 Å². The van der Waals surface area contributed by atoms with Gasteiger partial charge in [-0.2, -0.15) is 0 Å². The number of ether oxygens (including phenoxy) is 1. The van der Waals surface area contributed by atoms with Crippen LogP contribution in [0.4, 0.5) is 0 Å². The van der Waals surface area contributed by atoms with Crippen molar-refractivity contribution >= 4 is 11.9 Å². The number of carbonyl (C=O) groups is 2. The minimum absolute atomic E-state index is 0.106. The van der Waals surface area contributed by atoms with Gasteiger partial charge in [-0.25, -0.2) is 4.79 Å². The molecule has 0 bridgehead atoms. The zero-order valence-corrected chi connectivity index (χ0v) is 9.78. The van der Waals surface area contributed by atoms with Crippen LogP contribution in [-0.2, 0) is 14.3 Å². The minimum atomic E-state index is -0.943. The Hall–Kier alpha value is -1.36. The van der Waals surface area contributed by atoms with E-state index in [0.717, 1.165) is 12.8 Å². The van der Waals surface area contributed by atoms with E-state index >= 15 is 0 Å². The lowest BCUT2D eigenvalue weighted by Crippen LogP contribution is -2.42. The van der Waals surface area contributed by atoms with Gasteiger partial charge in [-0.3, -0.25) is 4.79 Å². The molecule has 5 nitrogen and oxygen atoms in total. The van der Waals surface area contributed by atoms with E-state index in [1.54, 1.807) is 4.90 Å². The van der Waals surface area contributed by atoms with Crippen LogP contribution in [0.2, 0.25) is 0 Å². The summed E-state index contributed by atoms with van der Waals surface area (Å²) in [5.41, 5.74) is 0.818. The molecule has 0 aromatic carbocycles. The monoisotopic (exact) mass is 239 g/mol. The second kappa shape index (κ2) is 5.31. The van der Waals surface area contributed by atoms with Gasteiger partial charge in [-0.05, 0) is 25.7 Å². The Bertz CT molecular complexity index is 356. The molecular weight excluding hydrogens is 222 g/mol. The van der Waals surface area contributed by atoms with Gasteiger partial charge >= 0.3 is 5.97 Å². The normalized spacial score (nSPS) is 21.5. The van der Waals surface area contributed by atoms with Crippen molar-refractivity contribution in [2.24, 2.45) is 0 Å². The Morgan fingerprint density at radius 2 is 1.65 bits per heavy atom. The lowest BCUT2D eigenvalue weighted by Gasteiger charge is -2.29. The number of carbonyl (C=O) groups excluding carboxylic acids is 1. The first-order chi connectivity index (χ1) is 8.20. The summed E-state index contributed by atoms with van der Waals surface area (Å²) in [4.78, 5) is 25.0. The van der Waals surface area contributed by atoms with Crippen LogP contribution in [-0.4, -0.2) is 48.2 Å². The summed E-state index contributed by atoms with van der Waals surface area (Å²) in [5, 5.41) is 9.10. The molecule has 2 rings (SSSR count). The molecule has 0 atom stereocenters. The number of rotatable bonds is 2. The first-order valence-electron chi connectivity index (χ1n) is 6.02. The average molecular weight is 239 g/mol. The predicted molar refractivity (Wildman–Crippen MR) is 60.5 cm³/mol. The third kappa shape index (κ3) is 2.66. The van der Waals surface area contributed by atoms with E-state index in [2.05, 4.69) is 0 Å². The van der Waals surface area contributed by atoms with Crippen molar-refractivity contribution in [1.82, 2.24) is 4.90 Å². The van der Waals surface area contributed by atoms with Crippen molar-refractivity contribution in [3.8, 4) is 0 Å². The molecule has 0 spiro atoms. The summed E-state index contributed by atoms with van der Waals surface area (Å²) in [5.74, 6) is -1.05. The summed E-state index contributed by atoms with van der Waals surface area (Å²) in [7, 11) is 0. The van der Waals surface area contributed by atoms with Gasteiger partial charge in [0.1, 0.15) is 0 Å². The van der Waals surface area contributed by atoms with Crippen molar-refractivity contribution in [1.29, 1.82) is 0 Å². The third-order valence-electron chi connectivity index (χ3n) is 3.28. The Balaban J connectivity index is 2.17. The highest BCUT2D eigenvalue weighted by Gasteiger charge is 2.27. The van der Waals surface area contributed by atoms with Crippen LogP contribution in [0.15, 0.2) is 11.1 Å². The molecule has 0 aromatic rings. The maximum atomic E-state index is 12.2. The Morgan fingerprint density at radius 1 is 1.06 bits per heavy atom. The number of amides is 1. The predicted octanol–water partition coefficient (Wildman–Crippen LogP) is 0.800. The zero-order chi connectivity index (χ0) is 12.3. The summed E-state index contributed by atoms with van der Waals surface area (Å²) < 4.78 is 5.19. The molecule has 5 heteroatoms. The Morgan fingerprint density at radius 3 is 2.24 bits per heavy atom. The molecule has 17 heavy (non-hydrogen) atoms. The standard InChI is InChI=1S/C12H17NO4/c14-11(13-5-7-17-8-6-13)9-3-1-2-4-10(9)12(15)16/h1-8H2,(H,15,16). The number of nitrogens with zero attached hydrogens (tertiary/aromatic N) is 1. The number of aliphatic carboxylic acids is 1. The van der Waals surface area contributed by atoms with E-state index in [1.807, 2.05) is 0 Å². The summed E-state index contributed by atoms with van der Waals surface area (Å²) in [6, 6.07) is 0. The van der Waals surface area contributed by atoms with Gasteiger partial charge in [0.05, 0.1) is 13.2 Å². The maximum absolute atomic E-state index is 12.2. The smallest absolute Gasteiger partial charge is 0.332 e. The van der Waals surface area contributed by atoms with Gasteiger partial charge < -0.3 is 14.7 Å².